The minimum absolute atomic E-state index is 0.0472. The van der Waals surface area contributed by atoms with E-state index in [0.717, 1.165) is 11.1 Å². The Labute approximate surface area is 155 Å². The monoisotopic (exact) mass is 372 g/mol. The van der Waals surface area contributed by atoms with Crippen molar-refractivity contribution in [1.82, 2.24) is 9.21 Å². The van der Waals surface area contributed by atoms with Crippen LogP contribution < -0.4 is 0 Å². The molecule has 26 heavy (non-hydrogen) atoms. The van der Waals surface area contributed by atoms with E-state index >= 15 is 0 Å². The second kappa shape index (κ2) is 8.01. The van der Waals surface area contributed by atoms with E-state index in [-0.39, 0.29) is 5.91 Å². The Kier molecular flexibility index (Phi) is 5.74. The quantitative estimate of drug-likeness (QED) is 0.828. The first kappa shape index (κ1) is 18.6. The second-order valence-corrected chi connectivity index (χ2v) is 8.56. The maximum absolute atomic E-state index is 12.9. The Hall–Kier alpha value is -2.18. The number of carbonyl (C=O) groups is 1. The Morgan fingerprint density at radius 3 is 2.46 bits per heavy atom. The zero-order valence-corrected chi connectivity index (χ0v) is 15.8. The third-order valence-corrected chi connectivity index (χ3v) is 6.53. The summed E-state index contributed by atoms with van der Waals surface area (Å²) in [5.41, 5.74) is 1.89. The van der Waals surface area contributed by atoms with Crippen molar-refractivity contribution in [1.29, 1.82) is 0 Å². The molecule has 138 valence electrons. The Balaban J connectivity index is 1.67. The van der Waals surface area contributed by atoms with Gasteiger partial charge in [-0.05, 0) is 36.6 Å². The summed E-state index contributed by atoms with van der Waals surface area (Å²) in [6, 6.07) is 16.6. The largest absolute Gasteiger partial charge is 0.341 e. The molecule has 0 radical (unpaired) electrons. The van der Waals surface area contributed by atoms with Crippen LogP contribution in [0.1, 0.15) is 17.5 Å². The van der Waals surface area contributed by atoms with Gasteiger partial charge in [-0.3, -0.25) is 4.79 Å². The van der Waals surface area contributed by atoms with E-state index in [9.17, 15) is 13.2 Å². The van der Waals surface area contributed by atoms with Gasteiger partial charge in [-0.25, -0.2) is 8.42 Å². The summed E-state index contributed by atoms with van der Waals surface area (Å²) < 4.78 is 27.3. The van der Waals surface area contributed by atoms with E-state index in [2.05, 4.69) is 0 Å². The van der Waals surface area contributed by atoms with Crippen molar-refractivity contribution in [2.75, 3.05) is 26.2 Å². The van der Waals surface area contributed by atoms with Crippen molar-refractivity contribution in [2.24, 2.45) is 0 Å². The van der Waals surface area contributed by atoms with Crippen LogP contribution in [0.5, 0.6) is 0 Å². The van der Waals surface area contributed by atoms with Crippen LogP contribution in [0, 0.1) is 6.92 Å². The lowest BCUT2D eigenvalue weighted by Gasteiger charge is -2.22. The van der Waals surface area contributed by atoms with Crippen molar-refractivity contribution >= 4 is 15.9 Å². The van der Waals surface area contributed by atoms with Gasteiger partial charge < -0.3 is 4.90 Å². The molecule has 0 aliphatic carbocycles. The normalized spacial score (nSPS) is 16.3. The predicted molar refractivity (Wildman–Crippen MR) is 101 cm³/mol. The molecule has 6 heteroatoms. The molecule has 0 spiro atoms. The van der Waals surface area contributed by atoms with Crippen LogP contribution in [0.4, 0.5) is 0 Å². The number of amides is 1. The number of hydrogen-bond acceptors (Lipinski definition) is 3. The van der Waals surface area contributed by atoms with E-state index < -0.39 is 10.0 Å². The van der Waals surface area contributed by atoms with E-state index in [4.69, 9.17) is 0 Å². The van der Waals surface area contributed by atoms with Crippen LogP contribution in [0.3, 0.4) is 0 Å². The van der Waals surface area contributed by atoms with Crippen molar-refractivity contribution in [3.05, 3.63) is 65.7 Å². The van der Waals surface area contributed by atoms with Gasteiger partial charge in [0.05, 0.1) is 11.3 Å². The fourth-order valence-corrected chi connectivity index (χ4v) is 4.77. The summed E-state index contributed by atoms with van der Waals surface area (Å²) in [5, 5.41) is 0. The van der Waals surface area contributed by atoms with Gasteiger partial charge in [0.1, 0.15) is 0 Å². The zero-order valence-electron chi connectivity index (χ0n) is 15.0. The molecule has 1 heterocycles. The van der Waals surface area contributed by atoms with Crippen molar-refractivity contribution in [2.45, 2.75) is 24.7 Å². The van der Waals surface area contributed by atoms with Crippen LogP contribution >= 0.6 is 0 Å². The molecule has 0 saturated carbocycles. The molecular weight excluding hydrogens is 348 g/mol. The van der Waals surface area contributed by atoms with Gasteiger partial charge >= 0.3 is 0 Å². The second-order valence-electron chi connectivity index (χ2n) is 6.62. The van der Waals surface area contributed by atoms with Crippen molar-refractivity contribution < 1.29 is 13.2 Å². The first-order valence-corrected chi connectivity index (χ1v) is 10.3. The molecule has 1 saturated heterocycles. The molecule has 1 aliphatic heterocycles. The molecule has 2 aromatic carbocycles. The van der Waals surface area contributed by atoms with Gasteiger partial charge in [0.2, 0.25) is 15.9 Å². The highest BCUT2D eigenvalue weighted by Crippen LogP contribution is 2.19. The van der Waals surface area contributed by atoms with Crippen molar-refractivity contribution in [3.63, 3.8) is 0 Å². The Morgan fingerprint density at radius 1 is 0.962 bits per heavy atom. The smallest absolute Gasteiger partial charge is 0.243 e. The summed E-state index contributed by atoms with van der Waals surface area (Å²) in [7, 11) is -3.52. The average molecular weight is 372 g/mol. The number of nitrogens with zero attached hydrogens (tertiary/aromatic N) is 2. The fourth-order valence-electron chi connectivity index (χ4n) is 3.19. The summed E-state index contributed by atoms with van der Waals surface area (Å²) in [6.45, 7) is 3.66. The minimum Gasteiger partial charge on any atom is -0.341 e. The molecule has 0 unspecified atom stereocenters. The van der Waals surface area contributed by atoms with Crippen LogP contribution in [-0.2, 0) is 21.2 Å². The molecule has 1 fully saturated rings. The van der Waals surface area contributed by atoms with Gasteiger partial charge in [0.15, 0.2) is 0 Å². The molecule has 3 rings (SSSR count). The number of aryl methyl sites for hydroxylation is 1. The number of benzene rings is 2. The molecule has 2 aromatic rings. The highest BCUT2D eigenvalue weighted by Gasteiger charge is 2.28. The van der Waals surface area contributed by atoms with E-state index in [1.54, 1.807) is 23.1 Å². The van der Waals surface area contributed by atoms with Crippen LogP contribution in [-0.4, -0.2) is 49.7 Å². The van der Waals surface area contributed by atoms with Gasteiger partial charge in [-0.2, -0.15) is 4.31 Å². The molecule has 0 aromatic heterocycles. The van der Waals surface area contributed by atoms with E-state index in [1.807, 2.05) is 43.3 Å². The standard InChI is InChI=1S/C20H24N2O3S/c1-17-7-5-10-19(15-17)26(24,25)22-12-6-11-21(13-14-22)20(23)16-18-8-3-2-4-9-18/h2-5,7-10,15H,6,11-14,16H2,1H3. The molecule has 0 N–H and O–H groups in total. The van der Waals surface area contributed by atoms with Crippen LogP contribution in [0.25, 0.3) is 0 Å². The maximum Gasteiger partial charge on any atom is 0.243 e. The topological polar surface area (TPSA) is 57.7 Å². The number of carbonyl (C=O) groups excluding carboxylic acids is 1. The first-order chi connectivity index (χ1) is 12.5. The summed E-state index contributed by atoms with van der Waals surface area (Å²) in [5.74, 6) is 0.0472. The highest BCUT2D eigenvalue weighted by molar-refractivity contribution is 7.89. The Bertz CT molecular complexity index is 866. The molecular formula is C20H24N2O3S. The highest BCUT2D eigenvalue weighted by atomic mass is 32.2. The van der Waals surface area contributed by atoms with Gasteiger partial charge in [-0.15, -0.1) is 0 Å². The third kappa shape index (κ3) is 4.31. The van der Waals surface area contributed by atoms with Crippen LogP contribution in [0.15, 0.2) is 59.5 Å². The third-order valence-electron chi connectivity index (χ3n) is 4.63. The molecule has 1 aliphatic rings. The minimum atomic E-state index is -3.52. The molecule has 0 atom stereocenters. The number of rotatable bonds is 4. The first-order valence-electron chi connectivity index (χ1n) is 8.85. The summed E-state index contributed by atoms with van der Waals surface area (Å²) in [4.78, 5) is 14.6. The van der Waals surface area contributed by atoms with Crippen LogP contribution in [0.2, 0.25) is 0 Å². The fraction of sp³-hybridized carbons (Fsp3) is 0.350. The van der Waals surface area contributed by atoms with E-state index in [1.165, 1.54) is 4.31 Å². The molecule has 5 nitrogen and oxygen atoms in total. The zero-order chi connectivity index (χ0) is 18.6. The van der Waals surface area contributed by atoms with Gasteiger partial charge in [0.25, 0.3) is 0 Å². The lowest BCUT2D eigenvalue weighted by molar-refractivity contribution is -0.130. The maximum atomic E-state index is 12.9. The predicted octanol–water partition coefficient (Wildman–Crippen LogP) is 2.46. The SMILES string of the molecule is Cc1cccc(S(=O)(=O)N2CCCN(C(=O)Cc3ccccc3)CC2)c1. The number of sulfonamides is 1. The lowest BCUT2D eigenvalue weighted by atomic mass is 10.1. The van der Waals surface area contributed by atoms with Crippen molar-refractivity contribution in [3.8, 4) is 0 Å². The lowest BCUT2D eigenvalue weighted by Crippen LogP contribution is -2.38. The van der Waals surface area contributed by atoms with E-state index in [0.29, 0.717) is 43.9 Å². The average Bonchev–Trinajstić information content (AvgIpc) is 2.89. The van der Waals surface area contributed by atoms with Gasteiger partial charge in [-0.1, -0.05) is 42.5 Å². The summed E-state index contributed by atoms with van der Waals surface area (Å²) in [6.07, 6.45) is 0.997. The number of hydrogen-bond donors (Lipinski definition) is 0. The Morgan fingerprint density at radius 2 is 1.73 bits per heavy atom. The molecule has 1 amide bonds. The van der Waals surface area contributed by atoms with Gasteiger partial charge in [0, 0.05) is 26.2 Å². The molecule has 0 bridgehead atoms. The summed E-state index contributed by atoms with van der Waals surface area (Å²) >= 11 is 0.